The van der Waals surface area contributed by atoms with Crippen LogP contribution in [0.25, 0.3) is 10.8 Å². The predicted molar refractivity (Wildman–Crippen MR) is 145 cm³/mol. The van der Waals surface area contributed by atoms with Gasteiger partial charge in [-0.15, -0.1) is 0 Å². The van der Waals surface area contributed by atoms with E-state index in [1.54, 1.807) is 0 Å². The molecule has 0 heterocycles. The number of fused-ring (bicyclic) bond motifs is 2. The van der Waals surface area contributed by atoms with Gasteiger partial charge < -0.3 is 11.1 Å². The zero-order chi connectivity index (χ0) is 25.1. The summed E-state index contributed by atoms with van der Waals surface area (Å²) < 4.78 is 24.5. The summed E-state index contributed by atoms with van der Waals surface area (Å²) in [7, 11) is 0. The third-order valence-electron chi connectivity index (χ3n) is 6.92. The highest BCUT2D eigenvalue weighted by Crippen LogP contribution is 2.36. The van der Waals surface area contributed by atoms with Crippen LogP contribution < -0.4 is 15.4 Å². The Balaban J connectivity index is 1.45. The van der Waals surface area contributed by atoms with E-state index in [2.05, 4.69) is 5.32 Å². The van der Waals surface area contributed by atoms with Crippen LogP contribution in [-0.4, -0.2) is 14.7 Å². The summed E-state index contributed by atoms with van der Waals surface area (Å²) in [6.07, 6.45) is 1.72. The van der Waals surface area contributed by atoms with Gasteiger partial charge in [0.25, 0.3) is 11.3 Å². The quantitative estimate of drug-likeness (QED) is 0.291. The van der Waals surface area contributed by atoms with Crippen molar-refractivity contribution in [2.75, 3.05) is 4.31 Å². The van der Waals surface area contributed by atoms with Crippen molar-refractivity contribution in [1.82, 2.24) is 5.32 Å². The summed E-state index contributed by atoms with van der Waals surface area (Å²) in [6, 6.07) is 28.2. The van der Waals surface area contributed by atoms with Gasteiger partial charge in [-0.25, -0.2) is 4.21 Å². The summed E-state index contributed by atoms with van der Waals surface area (Å²) in [4.78, 5) is 13.4. The summed E-state index contributed by atoms with van der Waals surface area (Å²) in [5.41, 5.74) is 10.7. The molecule has 1 aliphatic rings. The van der Waals surface area contributed by atoms with Gasteiger partial charge >= 0.3 is 0 Å². The molecule has 7 heteroatoms. The number of anilines is 1. The Labute approximate surface area is 213 Å². The van der Waals surface area contributed by atoms with Crippen molar-refractivity contribution in [2.24, 2.45) is 5.73 Å². The lowest BCUT2D eigenvalue weighted by Gasteiger charge is -2.30. The number of carbonyl (C=O) groups excluding carboxylic acids is 1. The lowest BCUT2D eigenvalue weighted by molar-refractivity contribution is -0.122. The van der Waals surface area contributed by atoms with Gasteiger partial charge in [0, 0.05) is 6.54 Å². The number of rotatable bonds is 8. The maximum absolute atomic E-state index is 13.4. The van der Waals surface area contributed by atoms with Crippen LogP contribution in [-0.2, 0) is 29.0 Å². The summed E-state index contributed by atoms with van der Waals surface area (Å²) in [5.74, 6) is -0.170. The van der Waals surface area contributed by atoms with Gasteiger partial charge in [-0.2, -0.15) is 0 Å². The highest BCUT2D eigenvalue weighted by Gasteiger charge is 2.31. The molecule has 0 aromatic heterocycles. The third-order valence-corrected chi connectivity index (χ3v) is 7.73. The second-order valence-corrected chi connectivity index (χ2v) is 9.92. The number of nitrogens with zero attached hydrogens (tertiary/aromatic N) is 1. The summed E-state index contributed by atoms with van der Waals surface area (Å²) in [6.45, 7) is 0.475. The standard InChI is InChI=1S/C29H29N3O3S/c30-19-23-11-6-12-26-25(23)15-16-27(26)31-29(33)18-28(21-8-2-1-3-9-21)32(36(34)35)24-14-13-20-7-4-5-10-22(20)17-24/h1-14,17,27-28H,15-16,18-19,30H2,(H,31,33)(H,34,35). The van der Waals surface area contributed by atoms with Gasteiger partial charge in [-0.1, -0.05) is 78.9 Å². The van der Waals surface area contributed by atoms with Crippen molar-refractivity contribution in [3.05, 3.63) is 113 Å². The molecular weight excluding hydrogens is 470 g/mol. The zero-order valence-electron chi connectivity index (χ0n) is 19.8. The Morgan fingerprint density at radius 1 is 1.00 bits per heavy atom. The van der Waals surface area contributed by atoms with Gasteiger partial charge in [0.15, 0.2) is 0 Å². The van der Waals surface area contributed by atoms with Gasteiger partial charge in [-0.05, 0) is 58.0 Å². The van der Waals surface area contributed by atoms with E-state index in [0.717, 1.165) is 40.3 Å². The molecule has 0 bridgehead atoms. The fraction of sp³-hybridized carbons (Fsp3) is 0.207. The first-order chi connectivity index (χ1) is 17.5. The van der Waals surface area contributed by atoms with Gasteiger partial charge in [0.2, 0.25) is 5.91 Å². The molecule has 4 N–H and O–H groups in total. The molecule has 3 unspecified atom stereocenters. The molecule has 184 valence electrons. The zero-order valence-corrected chi connectivity index (χ0v) is 20.7. The first-order valence-electron chi connectivity index (χ1n) is 12.1. The minimum atomic E-state index is -2.35. The van der Waals surface area contributed by atoms with E-state index in [-0.39, 0.29) is 18.4 Å². The highest BCUT2D eigenvalue weighted by molar-refractivity contribution is 7.80. The molecule has 6 nitrogen and oxygen atoms in total. The number of hydrogen-bond acceptors (Lipinski definition) is 3. The summed E-state index contributed by atoms with van der Waals surface area (Å²) in [5, 5.41) is 5.17. The molecule has 1 amide bonds. The molecule has 1 aliphatic carbocycles. The smallest absolute Gasteiger partial charge is 0.262 e. The second-order valence-electron chi connectivity index (χ2n) is 9.07. The minimum absolute atomic E-state index is 0.0333. The monoisotopic (exact) mass is 499 g/mol. The van der Waals surface area contributed by atoms with Crippen LogP contribution in [0.5, 0.6) is 0 Å². The maximum atomic E-state index is 13.4. The number of benzene rings is 4. The molecule has 0 spiro atoms. The Morgan fingerprint density at radius 2 is 1.75 bits per heavy atom. The molecule has 36 heavy (non-hydrogen) atoms. The summed E-state index contributed by atoms with van der Waals surface area (Å²) >= 11 is -2.35. The molecular formula is C29H29N3O3S. The molecule has 4 aromatic rings. The van der Waals surface area contributed by atoms with Crippen molar-refractivity contribution in [3.8, 4) is 0 Å². The van der Waals surface area contributed by atoms with Crippen LogP contribution in [0.15, 0.2) is 91.0 Å². The Kier molecular flexibility index (Phi) is 7.13. The van der Waals surface area contributed by atoms with Crippen molar-refractivity contribution in [1.29, 1.82) is 0 Å². The molecule has 5 rings (SSSR count). The molecule has 0 aliphatic heterocycles. The average Bonchev–Trinajstić information content (AvgIpc) is 3.31. The van der Waals surface area contributed by atoms with Crippen molar-refractivity contribution in [3.63, 3.8) is 0 Å². The topological polar surface area (TPSA) is 95.7 Å². The van der Waals surface area contributed by atoms with Gasteiger partial charge in [0.05, 0.1) is 24.2 Å². The number of carbonyl (C=O) groups is 1. The Morgan fingerprint density at radius 3 is 2.50 bits per heavy atom. The molecule has 0 fully saturated rings. The first-order valence-corrected chi connectivity index (χ1v) is 13.2. The van der Waals surface area contributed by atoms with Crippen LogP contribution in [0.1, 0.15) is 47.2 Å². The number of hydrogen-bond donors (Lipinski definition) is 3. The second kappa shape index (κ2) is 10.6. The lowest BCUT2D eigenvalue weighted by atomic mass is 10.0. The van der Waals surface area contributed by atoms with E-state index in [1.807, 2.05) is 91.0 Å². The first kappa shape index (κ1) is 24.2. The van der Waals surface area contributed by atoms with Crippen LogP contribution in [0.4, 0.5) is 5.69 Å². The van der Waals surface area contributed by atoms with Crippen molar-refractivity contribution >= 4 is 33.6 Å². The predicted octanol–water partition coefficient (Wildman–Crippen LogP) is 5.18. The maximum Gasteiger partial charge on any atom is 0.262 e. The largest absolute Gasteiger partial charge is 0.349 e. The molecule has 0 saturated heterocycles. The molecule has 0 saturated carbocycles. The van der Waals surface area contributed by atoms with Crippen molar-refractivity contribution < 1.29 is 13.6 Å². The van der Waals surface area contributed by atoms with Crippen LogP contribution in [0.3, 0.4) is 0 Å². The SMILES string of the molecule is NCc1cccc2c1CCC2NC(=O)CC(c1ccccc1)N(c1ccc2ccccc2c1)S(=O)O. The Hall–Kier alpha value is -3.52. The third kappa shape index (κ3) is 4.91. The van der Waals surface area contributed by atoms with E-state index >= 15 is 0 Å². The van der Waals surface area contributed by atoms with Gasteiger partial charge in [0.1, 0.15) is 0 Å². The van der Waals surface area contributed by atoms with Crippen LogP contribution >= 0.6 is 0 Å². The van der Waals surface area contributed by atoms with E-state index in [1.165, 1.54) is 9.87 Å². The Bertz CT molecular complexity index is 1410. The minimum Gasteiger partial charge on any atom is -0.349 e. The average molecular weight is 500 g/mol. The van der Waals surface area contributed by atoms with E-state index in [0.29, 0.717) is 12.2 Å². The van der Waals surface area contributed by atoms with E-state index in [9.17, 15) is 13.6 Å². The van der Waals surface area contributed by atoms with Crippen molar-refractivity contribution in [2.45, 2.75) is 37.9 Å². The van der Waals surface area contributed by atoms with E-state index < -0.39 is 17.3 Å². The normalized spacial score (nSPS) is 16.3. The van der Waals surface area contributed by atoms with Gasteiger partial charge in [-0.3, -0.25) is 13.7 Å². The number of amides is 1. The fourth-order valence-electron chi connectivity index (χ4n) is 5.20. The molecule has 3 atom stereocenters. The molecule has 0 radical (unpaired) electrons. The number of nitrogens with one attached hydrogen (secondary N) is 1. The van der Waals surface area contributed by atoms with E-state index in [4.69, 9.17) is 5.73 Å². The fourth-order valence-corrected chi connectivity index (χ4v) is 5.91. The van der Waals surface area contributed by atoms with Crippen LogP contribution in [0, 0.1) is 0 Å². The number of nitrogens with two attached hydrogens (primary N) is 1. The molecule has 4 aromatic carbocycles. The lowest BCUT2D eigenvalue weighted by Crippen LogP contribution is -2.36. The highest BCUT2D eigenvalue weighted by atomic mass is 32.2. The van der Waals surface area contributed by atoms with Crippen LogP contribution in [0.2, 0.25) is 0 Å².